The van der Waals surface area contributed by atoms with Gasteiger partial charge in [0.1, 0.15) is 23.3 Å². The maximum atomic E-state index is 15.3. The maximum Gasteiger partial charge on any atom is 0.316 e. The molecule has 9 nitrogen and oxygen atoms in total. The van der Waals surface area contributed by atoms with E-state index in [0.29, 0.717) is 28.8 Å². The van der Waals surface area contributed by atoms with Crippen molar-refractivity contribution in [2.75, 3.05) is 12.0 Å². The molecule has 11 heteroatoms. The van der Waals surface area contributed by atoms with E-state index >= 15 is 4.39 Å². The van der Waals surface area contributed by atoms with E-state index in [0.717, 1.165) is 38.3 Å². The van der Waals surface area contributed by atoms with Gasteiger partial charge < -0.3 is 20.1 Å². The van der Waals surface area contributed by atoms with Crippen molar-refractivity contribution in [3.63, 3.8) is 0 Å². The lowest BCUT2D eigenvalue weighted by Gasteiger charge is -2.40. The average Bonchev–Trinajstić information content (AvgIpc) is 3.62. The van der Waals surface area contributed by atoms with Crippen LogP contribution in [0, 0.1) is 5.82 Å². The van der Waals surface area contributed by atoms with Gasteiger partial charge in [-0.05, 0) is 44.2 Å². The number of nitrogens with one attached hydrogen (secondary N) is 1. The quantitative estimate of drug-likeness (QED) is 0.549. The second-order valence-electron chi connectivity index (χ2n) is 9.36. The summed E-state index contributed by atoms with van der Waals surface area (Å²) >= 11 is 0. The van der Waals surface area contributed by atoms with Crippen molar-refractivity contribution in [2.24, 2.45) is 0 Å². The highest BCUT2D eigenvalue weighted by atomic mass is 19.1. The monoisotopic (exact) mass is 481 g/mol. The first-order valence-corrected chi connectivity index (χ1v) is 11.8. The maximum absolute atomic E-state index is 15.3. The molecule has 4 heterocycles. The highest BCUT2D eigenvalue weighted by Crippen LogP contribution is 2.40. The Balaban J connectivity index is 1.27. The molecule has 3 fully saturated rings. The first-order chi connectivity index (χ1) is 17.0. The Morgan fingerprint density at radius 2 is 1.97 bits per heavy atom. The number of phenols is 1. The third-order valence-electron chi connectivity index (χ3n) is 7.08. The van der Waals surface area contributed by atoms with E-state index in [-0.39, 0.29) is 35.6 Å². The molecule has 1 saturated carbocycles. The van der Waals surface area contributed by atoms with Gasteiger partial charge in [-0.15, -0.1) is 10.2 Å². The number of anilines is 1. The van der Waals surface area contributed by atoms with Gasteiger partial charge in [0.15, 0.2) is 5.82 Å². The molecule has 2 N–H and O–H groups in total. The van der Waals surface area contributed by atoms with Gasteiger partial charge in [-0.25, -0.2) is 18.7 Å². The molecule has 2 aromatic heterocycles. The Bertz CT molecular complexity index is 1240. The second-order valence-corrected chi connectivity index (χ2v) is 9.36. The van der Waals surface area contributed by atoms with Gasteiger partial charge in [-0.1, -0.05) is 6.07 Å². The molecule has 0 amide bonds. The molecular weight excluding hydrogens is 456 g/mol. The molecule has 2 saturated heterocycles. The first-order valence-electron chi connectivity index (χ1n) is 11.8. The summed E-state index contributed by atoms with van der Waals surface area (Å²) in [5, 5.41) is 22.6. The van der Waals surface area contributed by atoms with Gasteiger partial charge in [0, 0.05) is 29.3 Å². The zero-order valence-corrected chi connectivity index (χ0v) is 19.1. The number of methoxy groups -OCH3 is 1. The summed E-state index contributed by atoms with van der Waals surface area (Å²) in [5.41, 5.74) is 1.12. The lowest BCUT2D eigenvalue weighted by atomic mass is 9.96. The van der Waals surface area contributed by atoms with Gasteiger partial charge in [-0.3, -0.25) is 0 Å². The molecule has 3 aromatic rings. The van der Waals surface area contributed by atoms with Crippen LogP contribution in [-0.2, 0) is 0 Å². The smallest absolute Gasteiger partial charge is 0.316 e. The van der Waals surface area contributed by atoms with Gasteiger partial charge in [-0.2, -0.15) is 4.98 Å². The standard InChI is InChI=1S/C24H25F2N7O2/c1-35-24-28-10-16(25)22(30-24)12-2-6-15(20(34)8-12)18-11-27-23(32-31-18)33(14-4-5-14)19-9-13-3-7-17(29-13)21(19)26/h2,6,8,10-11,13-14,17,19,21,29,34H,3-5,7,9H2,1H3/t13-,17-,19-,21+/m0/s1. The minimum atomic E-state index is -0.977. The molecule has 4 atom stereocenters. The molecule has 0 unspecified atom stereocenters. The SMILES string of the molecule is COc1ncc(F)c(-c2ccc(-c3cnc(N(C4CC4)[C@H]4C[C@@H]5CC[C@H](N5)[C@H]4F)nn3)c(O)c2)n1. The number of aromatic hydroxyl groups is 1. The average molecular weight is 482 g/mol. The number of phenolic OH excluding ortho intramolecular Hbond substituents is 1. The highest BCUT2D eigenvalue weighted by molar-refractivity contribution is 5.72. The molecule has 6 rings (SSSR count). The third kappa shape index (κ3) is 4.03. The Morgan fingerprint density at radius 1 is 1.11 bits per heavy atom. The number of hydrogen-bond acceptors (Lipinski definition) is 9. The summed E-state index contributed by atoms with van der Waals surface area (Å²) in [5.74, 6) is -0.348. The van der Waals surface area contributed by atoms with Crippen molar-refractivity contribution >= 4 is 5.95 Å². The van der Waals surface area contributed by atoms with Crippen molar-refractivity contribution < 1.29 is 18.6 Å². The van der Waals surface area contributed by atoms with Crippen molar-refractivity contribution in [2.45, 2.75) is 62.4 Å². The van der Waals surface area contributed by atoms with Gasteiger partial charge in [0.05, 0.1) is 25.5 Å². The van der Waals surface area contributed by atoms with E-state index in [9.17, 15) is 9.50 Å². The number of hydrogen-bond donors (Lipinski definition) is 2. The van der Waals surface area contributed by atoms with Crippen LogP contribution in [0.1, 0.15) is 32.1 Å². The molecule has 182 valence electrons. The minimum Gasteiger partial charge on any atom is -0.507 e. The number of rotatable bonds is 6. The lowest BCUT2D eigenvalue weighted by Crippen LogP contribution is -2.57. The summed E-state index contributed by atoms with van der Waals surface area (Å²) in [6.45, 7) is 0. The van der Waals surface area contributed by atoms with Crippen LogP contribution in [0.4, 0.5) is 14.7 Å². The van der Waals surface area contributed by atoms with Crippen molar-refractivity contribution in [1.82, 2.24) is 30.5 Å². The van der Waals surface area contributed by atoms with E-state index in [1.165, 1.54) is 19.4 Å². The fraction of sp³-hybridized carbons (Fsp3) is 0.458. The number of piperidine rings is 1. The van der Waals surface area contributed by atoms with Crippen LogP contribution in [0.5, 0.6) is 11.8 Å². The number of aromatic nitrogens is 5. The molecule has 3 aliphatic rings. The van der Waals surface area contributed by atoms with Crippen LogP contribution < -0.4 is 15.0 Å². The number of halogens is 2. The van der Waals surface area contributed by atoms with Crippen LogP contribution in [0.2, 0.25) is 0 Å². The van der Waals surface area contributed by atoms with E-state index < -0.39 is 12.0 Å². The van der Waals surface area contributed by atoms with Gasteiger partial charge >= 0.3 is 6.01 Å². The first kappa shape index (κ1) is 22.0. The van der Waals surface area contributed by atoms with Crippen LogP contribution >= 0.6 is 0 Å². The second kappa shape index (κ2) is 8.63. The van der Waals surface area contributed by atoms with Crippen molar-refractivity contribution in [3.8, 4) is 34.3 Å². The molecule has 2 bridgehead atoms. The fourth-order valence-corrected chi connectivity index (χ4v) is 5.24. The van der Waals surface area contributed by atoms with Gasteiger partial charge in [0.2, 0.25) is 5.95 Å². The number of ether oxygens (including phenoxy) is 1. The van der Waals surface area contributed by atoms with E-state index in [1.807, 2.05) is 4.90 Å². The topological polar surface area (TPSA) is 109 Å². The Hall–Kier alpha value is -3.47. The number of benzene rings is 1. The molecule has 0 radical (unpaired) electrons. The summed E-state index contributed by atoms with van der Waals surface area (Å²) in [4.78, 5) is 14.3. The van der Waals surface area contributed by atoms with E-state index in [2.05, 4.69) is 30.5 Å². The molecule has 2 aliphatic heterocycles. The zero-order valence-electron chi connectivity index (χ0n) is 19.1. The summed E-state index contributed by atoms with van der Waals surface area (Å²) in [6.07, 6.45) is 6.14. The molecule has 1 aliphatic carbocycles. The number of nitrogens with zero attached hydrogens (tertiary/aromatic N) is 6. The van der Waals surface area contributed by atoms with Crippen LogP contribution in [0.15, 0.2) is 30.6 Å². The Morgan fingerprint density at radius 3 is 2.69 bits per heavy atom. The summed E-state index contributed by atoms with van der Waals surface area (Å²) < 4.78 is 34.5. The number of alkyl halides is 1. The van der Waals surface area contributed by atoms with Crippen LogP contribution in [-0.4, -0.2) is 67.7 Å². The van der Waals surface area contributed by atoms with Crippen LogP contribution in [0.25, 0.3) is 22.5 Å². The molecule has 1 aromatic carbocycles. The Kier molecular flexibility index (Phi) is 5.43. The number of fused-ring (bicyclic) bond motifs is 2. The van der Waals surface area contributed by atoms with Crippen molar-refractivity contribution in [3.05, 3.63) is 36.4 Å². The predicted octanol–water partition coefficient (Wildman–Crippen LogP) is 3.05. The zero-order chi connectivity index (χ0) is 24.1. The highest BCUT2D eigenvalue weighted by Gasteiger charge is 2.48. The normalized spacial score (nSPS) is 25.5. The summed E-state index contributed by atoms with van der Waals surface area (Å²) in [6, 6.07) is 4.83. The lowest BCUT2D eigenvalue weighted by molar-refractivity contribution is 0.171. The Labute approximate surface area is 200 Å². The third-order valence-corrected chi connectivity index (χ3v) is 7.08. The van der Waals surface area contributed by atoms with Crippen molar-refractivity contribution in [1.29, 1.82) is 0 Å². The van der Waals surface area contributed by atoms with E-state index in [4.69, 9.17) is 4.74 Å². The fourth-order valence-electron chi connectivity index (χ4n) is 5.24. The van der Waals surface area contributed by atoms with Gasteiger partial charge in [0.25, 0.3) is 0 Å². The van der Waals surface area contributed by atoms with Crippen LogP contribution in [0.3, 0.4) is 0 Å². The largest absolute Gasteiger partial charge is 0.507 e. The minimum absolute atomic E-state index is 0.00930. The molecule has 35 heavy (non-hydrogen) atoms. The summed E-state index contributed by atoms with van der Waals surface area (Å²) in [7, 11) is 1.39. The van der Waals surface area contributed by atoms with E-state index in [1.54, 1.807) is 12.1 Å². The predicted molar refractivity (Wildman–Crippen MR) is 123 cm³/mol. The molecular formula is C24H25F2N7O2. The molecule has 0 spiro atoms.